The van der Waals surface area contributed by atoms with Crippen LogP contribution in [-0.2, 0) is 11.3 Å². The number of amides is 1. The molecule has 0 unspecified atom stereocenters. The maximum absolute atomic E-state index is 13.2. The number of hydrazone groups is 1. The van der Waals surface area contributed by atoms with Gasteiger partial charge in [-0.2, -0.15) is 5.10 Å². The molecule has 0 aliphatic carbocycles. The molecule has 0 atom stereocenters. The van der Waals surface area contributed by atoms with Gasteiger partial charge in [0.15, 0.2) is 0 Å². The Bertz CT molecular complexity index is 1420. The van der Waals surface area contributed by atoms with Gasteiger partial charge in [-0.15, -0.1) is 0 Å². The Kier molecular flexibility index (Phi) is 7.04. The minimum Gasteiger partial charge on any atom is -0.342 e. The molecule has 0 bridgehead atoms. The van der Waals surface area contributed by atoms with Crippen LogP contribution in [0.2, 0.25) is 0 Å². The van der Waals surface area contributed by atoms with E-state index < -0.39 is 5.92 Å². The van der Waals surface area contributed by atoms with Gasteiger partial charge < -0.3 is 4.57 Å². The topological polar surface area (TPSA) is 46.4 Å². The Hall–Kier alpha value is -3.71. The van der Waals surface area contributed by atoms with Gasteiger partial charge in [0.25, 0.3) is 5.91 Å². The molecule has 1 aromatic heterocycles. The molecule has 5 heteroatoms. The van der Waals surface area contributed by atoms with Gasteiger partial charge in [-0.05, 0) is 57.5 Å². The van der Waals surface area contributed by atoms with Crippen molar-refractivity contribution in [2.45, 2.75) is 12.5 Å². The highest BCUT2D eigenvalue weighted by atomic mass is 127. The second-order valence-corrected chi connectivity index (χ2v) is 9.59. The van der Waals surface area contributed by atoms with E-state index in [0.717, 1.165) is 34.1 Å². The average Bonchev–Trinajstić information content (AvgIpc) is 3.24. The first-order chi connectivity index (χ1) is 17.2. The molecule has 1 amide bonds. The quantitative estimate of drug-likeness (QED) is 0.135. The average molecular weight is 569 g/mol. The number of carbonyl (C=O) groups is 1. The van der Waals surface area contributed by atoms with Crippen LogP contribution in [0.3, 0.4) is 0 Å². The zero-order valence-electron chi connectivity index (χ0n) is 19.0. The summed E-state index contributed by atoms with van der Waals surface area (Å²) in [6.45, 7) is 0.766. The van der Waals surface area contributed by atoms with E-state index in [0.29, 0.717) is 0 Å². The van der Waals surface area contributed by atoms with Gasteiger partial charge in [-0.1, -0.05) is 91.0 Å². The van der Waals surface area contributed by atoms with E-state index >= 15 is 0 Å². The van der Waals surface area contributed by atoms with E-state index in [-0.39, 0.29) is 5.91 Å². The van der Waals surface area contributed by atoms with Crippen molar-refractivity contribution in [3.8, 4) is 0 Å². The minimum atomic E-state index is -0.434. The molecule has 0 saturated heterocycles. The van der Waals surface area contributed by atoms with Crippen molar-refractivity contribution in [2.75, 3.05) is 0 Å². The van der Waals surface area contributed by atoms with E-state index in [1.165, 1.54) is 9.13 Å². The van der Waals surface area contributed by atoms with Gasteiger partial charge in [-0.3, -0.25) is 4.79 Å². The van der Waals surface area contributed by atoms with Crippen LogP contribution in [0, 0.1) is 3.57 Å². The second kappa shape index (κ2) is 10.7. The third-order valence-corrected chi connectivity index (χ3v) is 6.71. The SMILES string of the molecule is O=C(N/N=C\c1cn(Cc2ccc(I)cc2)c2ccccc12)C(c1ccccc1)c1ccccc1. The minimum absolute atomic E-state index is 0.165. The molecule has 0 radical (unpaired) electrons. The monoisotopic (exact) mass is 569 g/mol. The van der Waals surface area contributed by atoms with Crippen LogP contribution in [0.5, 0.6) is 0 Å². The summed E-state index contributed by atoms with van der Waals surface area (Å²) in [6.07, 6.45) is 3.82. The Labute approximate surface area is 218 Å². The van der Waals surface area contributed by atoms with Crippen molar-refractivity contribution in [3.05, 3.63) is 141 Å². The largest absolute Gasteiger partial charge is 0.342 e. The molecule has 172 valence electrons. The third-order valence-electron chi connectivity index (χ3n) is 5.99. The summed E-state index contributed by atoms with van der Waals surface area (Å²) < 4.78 is 3.44. The molecular formula is C30H24IN3O. The zero-order valence-corrected chi connectivity index (χ0v) is 21.2. The molecule has 1 N–H and O–H groups in total. The molecular weight excluding hydrogens is 545 g/mol. The number of benzene rings is 4. The third kappa shape index (κ3) is 5.35. The molecule has 0 aliphatic heterocycles. The fourth-order valence-electron chi connectivity index (χ4n) is 4.31. The zero-order chi connectivity index (χ0) is 24.0. The number of rotatable bonds is 7. The van der Waals surface area contributed by atoms with E-state index in [1.54, 1.807) is 6.21 Å². The van der Waals surface area contributed by atoms with Gasteiger partial charge in [-0.25, -0.2) is 5.43 Å². The number of halogens is 1. The maximum atomic E-state index is 13.2. The summed E-state index contributed by atoms with van der Waals surface area (Å²) in [6, 6.07) is 36.4. The van der Waals surface area contributed by atoms with E-state index in [4.69, 9.17) is 0 Å². The molecule has 4 nitrogen and oxygen atoms in total. The highest BCUT2D eigenvalue weighted by Gasteiger charge is 2.22. The van der Waals surface area contributed by atoms with Crippen molar-refractivity contribution in [1.29, 1.82) is 0 Å². The summed E-state index contributed by atoms with van der Waals surface area (Å²) in [5.74, 6) is -0.599. The van der Waals surface area contributed by atoms with Gasteiger partial charge in [0.05, 0.1) is 12.1 Å². The Morgan fingerprint density at radius 1 is 0.829 bits per heavy atom. The van der Waals surface area contributed by atoms with Crippen molar-refractivity contribution in [3.63, 3.8) is 0 Å². The molecule has 5 rings (SSSR count). The van der Waals surface area contributed by atoms with Gasteiger partial charge in [0, 0.05) is 32.8 Å². The first-order valence-electron chi connectivity index (χ1n) is 11.4. The highest BCUT2D eigenvalue weighted by molar-refractivity contribution is 14.1. The lowest BCUT2D eigenvalue weighted by molar-refractivity contribution is -0.121. The highest BCUT2D eigenvalue weighted by Crippen LogP contribution is 2.25. The fraction of sp³-hybridized carbons (Fsp3) is 0.0667. The van der Waals surface area contributed by atoms with Crippen molar-refractivity contribution in [1.82, 2.24) is 9.99 Å². The lowest BCUT2D eigenvalue weighted by atomic mass is 9.91. The first kappa shape index (κ1) is 23.1. The van der Waals surface area contributed by atoms with Gasteiger partial charge >= 0.3 is 0 Å². The number of hydrogen-bond acceptors (Lipinski definition) is 2. The van der Waals surface area contributed by atoms with Crippen molar-refractivity contribution < 1.29 is 4.79 Å². The van der Waals surface area contributed by atoms with E-state index in [9.17, 15) is 4.79 Å². The number of para-hydroxylation sites is 1. The summed E-state index contributed by atoms with van der Waals surface area (Å²) in [4.78, 5) is 13.2. The van der Waals surface area contributed by atoms with E-state index in [1.807, 2.05) is 72.8 Å². The van der Waals surface area contributed by atoms with Crippen LogP contribution in [0.4, 0.5) is 0 Å². The van der Waals surface area contributed by atoms with Crippen LogP contribution in [0.25, 0.3) is 10.9 Å². The molecule has 4 aromatic carbocycles. The predicted molar refractivity (Wildman–Crippen MR) is 151 cm³/mol. The van der Waals surface area contributed by atoms with Crippen LogP contribution in [-0.4, -0.2) is 16.7 Å². The molecule has 1 heterocycles. The number of nitrogens with one attached hydrogen (secondary N) is 1. The number of carbonyl (C=O) groups excluding carboxylic acids is 1. The molecule has 35 heavy (non-hydrogen) atoms. The molecule has 0 saturated carbocycles. The summed E-state index contributed by atoms with van der Waals surface area (Å²) in [5, 5.41) is 5.45. The number of hydrogen-bond donors (Lipinski definition) is 1. The maximum Gasteiger partial charge on any atom is 0.252 e. The summed E-state index contributed by atoms with van der Waals surface area (Å²) in [7, 11) is 0. The second-order valence-electron chi connectivity index (χ2n) is 8.34. The Balaban J connectivity index is 1.39. The number of fused-ring (bicyclic) bond motifs is 1. The van der Waals surface area contributed by atoms with Crippen LogP contribution in [0.15, 0.2) is 120 Å². The summed E-state index contributed by atoms with van der Waals surface area (Å²) >= 11 is 2.32. The van der Waals surface area contributed by atoms with Gasteiger partial charge in [0.2, 0.25) is 0 Å². The Morgan fingerprint density at radius 3 is 2.09 bits per heavy atom. The van der Waals surface area contributed by atoms with Crippen LogP contribution in [0.1, 0.15) is 28.2 Å². The standard InChI is InChI=1S/C30H24IN3O/c31-26-17-15-22(16-18-26)20-34-21-25(27-13-7-8-14-28(27)34)19-32-33-30(35)29(23-9-3-1-4-10-23)24-11-5-2-6-12-24/h1-19,21,29H,20H2,(H,33,35)/b32-19-. The molecule has 0 fully saturated rings. The van der Waals surface area contributed by atoms with Crippen molar-refractivity contribution in [2.24, 2.45) is 5.10 Å². The smallest absolute Gasteiger partial charge is 0.252 e. The number of nitrogens with zero attached hydrogens (tertiary/aromatic N) is 2. The Morgan fingerprint density at radius 2 is 1.43 bits per heavy atom. The van der Waals surface area contributed by atoms with Crippen LogP contribution >= 0.6 is 22.6 Å². The lowest BCUT2D eigenvalue weighted by Crippen LogP contribution is -2.26. The molecule has 0 spiro atoms. The number of aromatic nitrogens is 1. The fourth-order valence-corrected chi connectivity index (χ4v) is 4.67. The molecule has 5 aromatic rings. The normalized spacial score (nSPS) is 11.4. The first-order valence-corrected chi connectivity index (χ1v) is 12.5. The van der Waals surface area contributed by atoms with Crippen molar-refractivity contribution >= 4 is 45.6 Å². The van der Waals surface area contributed by atoms with Gasteiger partial charge in [0.1, 0.15) is 0 Å². The molecule has 0 aliphatic rings. The van der Waals surface area contributed by atoms with Crippen LogP contribution < -0.4 is 5.43 Å². The summed E-state index contributed by atoms with van der Waals surface area (Å²) in [5.41, 5.74) is 7.96. The predicted octanol–water partition coefficient (Wildman–Crippen LogP) is 6.58. The lowest BCUT2D eigenvalue weighted by Gasteiger charge is -2.16. The van der Waals surface area contributed by atoms with E-state index in [2.05, 4.69) is 80.3 Å².